The van der Waals surface area contributed by atoms with E-state index in [9.17, 15) is 8.78 Å². The Morgan fingerprint density at radius 2 is 1.50 bits per heavy atom. The molecule has 4 nitrogen and oxygen atoms in total. The molecule has 0 unspecified atom stereocenters. The fraction of sp³-hybridized carbons (Fsp3) is 0.714. The minimum atomic E-state index is -1.59. The van der Waals surface area contributed by atoms with Crippen molar-refractivity contribution in [3.8, 4) is 0 Å². The van der Waals surface area contributed by atoms with Crippen molar-refractivity contribution >= 4 is 0 Å². The molecule has 0 spiro atoms. The van der Waals surface area contributed by atoms with Gasteiger partial charge in [-0.1, -0.05) is 37.6 Å². The van der Waals surface area contributed by atoms with Gasteiger partial charge in [-0.3, -0.25) is 0 Å². The lowest BCUT2D eigenvalue weighted by Crippen LogP contribution is -2.46. The average molecular weight is 479 g/mol. The number of hydrogen-bond acceptors (Lipinski definition) is 4. The van der Waals surface area contributed by atoms with Gasteiger partial charge in [-0.25, -0.2) is 0 Å². The van der Waals surface area contributed by atoms with Gasteiger partial charge in [0.2, 0.25) is 0 Å². The molecule has 2 saturated heterocycles. The van der Waals surface area contributed by atoms with Crippen LogP contribution in [0.15, 0.2) is 36.4 Å². The zero-order valence-corrected chi connectivity index (χ0v) is 20.4. The summed E-state index contributed by atoms with van der Waals surface area (Å²) in [6.45, 7) is 5.00. The Hall–Kier alpha value is -1.34. The number of benzene rings is 1. The van der Waals surface area contributed by atoms with Gasteiger partial charge in [0.15, 0.2) is 12.6 Å². The molecule has 0 amide bonds. The molecule has 3 aliphatic rings. The molecule has 1 aliphatic carbocycles. The van der Waals surface area contributed by atoms with E-state index in [-0.39, 0.29) is 18.5 Å². The van der Waals surface area contributed by atoms with Crippen LogP contribution in [-0.2, 0) is 25.4 Å². The van der Waals surface area contributed by atoms with Crippen molar-refractivity contribution in [2.75, 3.05) is 26.4 Å². The molecule has 0 atom stereocenters. The third-order valence-corrected chi connectivity index (χ3v) is 7.74. The second-order valence-corrected chi connectivity index (χ2v) is 10.2. The Balaban J connectivity index is 1.15. The lowest BCUT2D eigenvalue weighted by atomic mass is 9.74. The molecule has 1 aromatic carbocycles. The first kappa shape index (κ1) is 25.7. The maximum Gasteiger partial charge on any atom is 0.266 e. The van der Waals surface area contributed by atoms with Crippen LogP contribution in [0, 0.1) is 17.8 Å². The highest BCUT2D eigenvalue weighted by Gasteiger charge is 2.36. The van der Waals surface area contributed by atoms with Crippen LogP contribution in [0.2, 0.25) is 0 Å². The highest BCUT2D eigenvalue weighted by Crippen LogP contribution is 2.40. The van der Waals surface area contributed by atoms with E-state index in [0.29, 0.717) is 43.8 Å². The van der Waals surface area contributed by atoms with Gasteiger partial charge in [0.1, 0.15) is 0 Å². The van der Waals surface area contributed by atoms with Crippen LogP contribution in [0.5, 0.6) is 0 Å². The van der Waals surface area contributed by atoms with Gasteiger partial charge >= 0.3 is 0 Å². The second kappa shape index (κ2) is 13.1. The van der Waals surface area contributed by atoms with Gasteiger partial charge in [-0.15, -0.1) is 0 Å². The standard InChI is InChI=1S/C28H40F2O4/c1-2-3-7-27-31-18-25(19-32-27)28-33-16-24(17-34-28)23-14-12-22(13-15-23)21-10-8-20(9-11-21)5-4-6-26(29)30/h6,8-11,22-25,27-28H,2-5,7,12-19H2,1H3. The minimum Gasteiger partial charge on any atom is -0.352 e. The number of ether oxygens (including phenoxy) is 4. The SMILES string of the molecule is CCCCC1OCC(C2OCC(C3CCC(c4ccc(CCC=C(F)F)cc4)CC3)CO2)CO1. The van der Waals surface area contributed by atoms with Crippen LogP contribution in [0.1, 0.15) is 75.3 Å². The van der Waals surface area contributed by atoms with Crippen molar-refractivity contribution in [3.05, 3.63) is 47.5 Å². The Kier molecular flexibility index (Phi) is 9.92. The number of aryl methyl sites for hydroxylation is 1. The number of allylic oxidation sites excluding steroid dienone is 1. The molecule has 0 N–H and O–H groups in total. The van der Waals surface area contributed by atoms with E-state index in [2.05, 4.69) is 31.2 Å². The largest absolute Gasteiger partial charge is 0.352 e. The normalized spacial score (nSPS) is 32.3. The summed E-state index contributed by atoms with van der Waals surface area (Å²) in [7, 11) is 0. The summed E-state index contributed by atoms with van der Waals surface area (Å²) < 4.78 is 48.4. The third kappa shape index (κ3) is 7.33. The van der Waals surface area contributed by atoms with E-state index in [1.807, 2.05) is 0 Å². The monoisotopic (exact) mass is 478 g/mol. The summed E-state index contributed by atoms with van der Waals surface area (Å²) in [4.78, 5) is 0. The number of halogens is 2. The first-order valence-electron chi connectivity index (χ1n) is 13.2. The summed E-state index contributed by atoms with van der Waals surface area (Å²) in [5.74, 6) is 1.86. The van der Waals surface area contributed by atoms with Gasteiger partial charge < -0.3 is 18.9 Å². The Morgan fingerprint density at radius 1 is 0.853 bits per heavy atom. The summed E-state index contributed by atoms with van der Waals surface area (Å²) in [6, 6.07) is 8.57. The Labute approximate surface area is 203 Å². The molecule has 0 radical (unpaired) electrons. The lowest BCUT2D eigenvalue weighted by molar-refractivity contribution is -0.284. The highest BCUT2D eigenvalue weighted by molar-refractivity contribution is 5.26. The van der Waals surface area contributed by atoms with Crippen molar-refractivity contribution < 1.29 is 27.7 Å². The molecule has 1 saturated carbocycles. The van der Waals surface area contributed by atoms with E-state index in [1.54, 1.807) is 0 Å². The summed E-state index contributed by atoms with van der Waals surface area (Å²) in [5.41, 5.74) is 2.49. The second-order valence-electron chi connectivity index (χ2n) is 10.2. The Morgan fingerprint density at radius 3 is 2.12 bits per heavy atom. The zero-order valence-electron chi connectivity index (χ0n) is 20.4. The molecule has 0 aromatic heterocycles. The molecule has 3 fully saturated rings. The Bertz CT molecular complexity index is 740. The predicted molar refractivity (Wildman–Crippen MR) is 128 cm³/mol. The third-order valence-electron chi connectivity index (χ3n) is 7.74. The molecule has 1 aromatic rings. The van der Waals surface area contributed by atoms with Crippen molar-refractivity contribution in [2.24, 2.45) is 17.8 Å². The van der Waals surface area contributed by atoms with Crippen molar-refractivity contribution in [3.63, 3.8) is 0 Å². The van der Waals surface area contributed by atoms with Crippen LogP contribution in [-0.4, -0.2) is 39.0 Å². The maximum atomic E-state index is 12.2. The zero-order chi connectivity index (χ0) is 23.8. The first-order valence-corrected chi connectivity index (χ1v) is 13.2. The fourth-order valence-corrected chi connectivity index (χ4v) is 5.56. The smallest absolute Gasteiger partial charge is 0.266 e. The van der Waals surface area contributed by atoms with E-state index < -0.39 is 6.08 Å². The van der Waals surface area contributed by atoms with Gasteiger partial charge in [0.25, 0.3) is 6.08 Å². The molecule has 34 heavy (non-hydrogen) atoms. The lowest BCUT2D eigenvalue weighted by Gasteiger charge is -2.41. The molecular weight excluding hydrogens is 438 g/mol. The van der Waals surface area contributed by atoms with Gasteiger partial charge in [0.05, 0.1) is 32.3 Å². The van der Waals surface area contributed by atoms with E-state index in [4.69, 9.17) is 18.9 Å². The van der Waals surface area contributed by atoms with E-state index >= 15 is 0 Å². The van der Waals surface area contributed by atoms with Crippen LogP contribution in [0.3, 0.4) is 0 Å². The maximum absolute atomic E-state index is 12.2. The van der Waals surface area contributed by atoms with E-state index in [0.717, 1.165) is 44.1 Å². The van der Waals surface area contributed by atoms with Crippen LogP contribution < -0.4 is 0 Å². The molecule has 6 heteroatoms. The molecular formula is C28H40F2O4. The molecule has 4 rings (SSSR count). The van der Waals surface area contributed by atoms with Gasteiger partial charge in [-0.2, -0.15) is 8.78 Å². The van der Waals surface area contributed by atoms with Crippen molar-refractivity contribution in [2.45, 2.75) is 83.2 Å². The molecule has 0 bridgehead atoms. The summed E-state index contributed by atoms with van der Waals surface area (Å²) in [6.07, 6.45) is 8.18. The predicted octanol–water partition coefficient (Wildman–Crippen LogP) is 6.84. The molecule has 2 heterocycles. The topological polar surface area (TPSA) is 36.9 Å². The molecule has 2 aliphatic heterocycles. The number of hydrogen-bond donors (Lipinski definition) is 0. The minimum absolute atomic E-state index is 0.0676. The highest BCUT2D eigenvalue weighted by atomic mass is 19.3. The number of unbranched alkanes of at least 4 members (excludes halogenated alkanes) is 1. The summed E-state index contributed by atoms with van der Waals surface area (Å²) >= 11 is 0. The van der Waals surface area contributed by atoms with Crippen LogP contribution >= 0.6 is 0 Å². The van der Waals surface area contributed by atoms with Crippen LogP contribution in [0.4, 0.5) is 8.78 Å². The van der Waals surface area contributed by atoms with E-state index in [1.165, 1.54) is 31.2 Å². The average Bonchev–Trinajstić information content (AvgIpc) is 2.88. The summed E-state index contributed by atoms with van der Waals surface area (Å²) in [5, 5.41) is 0. The van der Waals surface area contributed by atoms with Crippen LogP contribution in [0.25, 0.3) is 0 Å². The van der Waals surface area contributed by atoms with Gasteiger partial charge in [0, 0.05) is 5.92 Å². The van der Waals surface area contributed by atoms with Crippen molar-refractivity contribution in [1.29, 1.82) is 0 Å². The fourth-order valence-electron chi connectivity index (χ4n) is 5.56. The molecule has 190 valence electrons. The quantitative estimate of drug-likeness (QED) is 0.389. The van der Waals surface area contributed by atoms with Gasteiger partial charge in [-0.05, 0) is 80.4 Å². The number of rotatable bonds is 9. The first-order chi connectivity index (χ1) is 16.6. The van der Waals surface area contributed by atoms with Crippen molar-refractivity contribution in [1.82, 2.24) is 0 Å².